The summed E-state index contributed by atoms with van der Waals surface area (Å²) in [6.07, 6.45) is 3.88. The highest BCUT2D eigenvalue weighted by molar-refractivity contribution is 5.74. The van der Waals surface area contributed by atoms with Crippen LogP contribution < -0.4 is 10.6 Å². The molecule has 1 aromatic heterocycles. The van der Waals surface area contributed by atoms with Crippen molar-refractivity contribution >= 4 is 6.03 Å². The molecule has 2 rings (SSSR count). The summed E-state index contributed by atoms with van der Waals surface area (Å²) >= 11 is 0. The lowest BCUT2D eigenvalue weighted by atomic mass is 10.4. The topological polar surface area (TPSA) is 69.8 Å². The third-order valence-corrected chi connectivity index (χ3v) is 1.91. The number of carbonyl (C=O) groups excluding carboxylic acids is 1. The molecule has 0 saturated heterocycles. The number of hydrogen-bond acceptors (Lipinski definition) is 2. The second-order valence-corrected chi connectivity index (χ2v) is 3.18. The lowest BCUT2D eigenvalue weighted by Crippen LogP contribution is -2.36. The van der Waals surface area contributed by atoms with E-state index in [0.717, 1.165) is 18.5 Å². The molecule has 5 heteroatoms. The molecule has 0 aliphatic heterocycles. The summed E-state index contributed by atoms with van der Waals surface area (Å²) in [5.74, 6) is 0. The summed E-state index contributed by atoms with van der Waals surface area (Å²) < 4.78 is 0. The van der Waals surface area contributed by atoms with E-state index in [-0.39, 0.29) is 6.03 Å². The van der Waals surface area contributed by atoms with Crippen molar-refractivity contribution in [2.75, 3.05) is 0 Å². The van der Waals surface area contributed by atoms with Gasteiger partial charge < -0.3 is 10.6 Å². The van der Waals surface area contributed by atoms with Crippen LogP contribution in [0.2, 0.25) is 0 Å². The third-order valence-electron chi connectivity index (χ3n) is 1.91. The number of nitrogens with zero attached hydrogens (tertiary/aromatic N) is 1. The van der Waals surface area contributed by atoms with Crippen molar-refractivity contribution < 1.29 is 4.79 Å². The van der Waals surface area contributed by atoms with Crippen LogP contribution in [0, 0.1) is 0 Å². The molecule has 0 radical (unpaired) electrons. The molecular formula is C8H12N4O. The molecule has 1 aliphatic carbocycles. The molecule has 3 N–H and O–H groups in total. The van der Waals surface area contributed by atoms with Crippen LogP contribution in [0.4, 0.5) is 4.79 Å². The SMILES string of the molecule is O=C(NCc1ccn[nH]1)NC1CC1. The molecule has 1 fully saturated rings. The molecule has 13 heavy (non-hydrogen) atoms. The molecule has 2 amide bonds. The first-order chi connectivity index (χ1) is 6.34. The standard InChI is InChI=1S/C8H12N4O/c13-8(11-6-1-2-6)9-5-7-3-4-10-12-7/h3-4,6H,1-2,5H2,(H,10,12)(H2,9,11,13). The van der Waals surface area contributed by atoms with Gasteiger partial charge in [-0.3, -0.25) is 5.10 Å². The number of aromatic nitrogens is 2. The highest BCUT2D eigenvalue weighted by Crippen LogP contribution is 2.18. The number of hydrogen-bond donors (Lipinski definition) is 3. The Balaban J connectivity index is 1.69. The van der Waals surface area contributed by atoms with Gasteiger partial charge in [-0.05, 0) is 18.9 Å². The first-order valence-electron chi connectivity index (χ1n) is 4.37. The maximum atomic E-state index is 11.1. The summed E-state index contributed by atoms with van der Waals surface area (Å²) in [5, 5.41) is 12.1. The molecule has 1 saturated carbocycles. The van der Waals surface area contributed by atoms with E-state index in [0.29, 0.717) is 12.6 Å². The van der Waals surface area contributed by atoms with Crippen LogP contribution in [0.1, 0.15) is 18.5 Å². The van der Waals surface area contributed by atoms with Gasteiger partial charge in [0.15, 0.2) is 0 Å². The number of nitrogens with one attached hydrogen (secondary N) is 3. The first-order valence-corrected chi connectivity index (χ1v) is 4.37. The van der Waals surface area contributed by atoms with Crippen molar-refractivity contribution in [2.45, 2.75) is 25.4 Å². The second kappa shape index (κ2) is 3.47. The molecule has 70 valence electrons. The van der Waals surface area contributed by atoms with E-state index in [9.17, 15) is 4.79 Å². The number of H-pyrrole nitrogens is 1. The predicted molar refractivity (Wildman–Crippen MR) is 47.0 cm³/mol. The van der Waals surface area contributed by atoms with Crippen LogP contribution in [0.15, 0.2) is 12.3 Å². The largest absolute Gasteiger partial charge is 0.335 e. The van der Waals surface area contributed by atoms with Crippen molar-refractivity contribution in [3.8, 4) is 0 Å². The zero-order chi connectivity index (χ0) is 9.10. The summed E-state index contributed by atoms with van der Waals surface area (Å²) in [6.45, 7) is 0.499. The molecule has 0 aromatic carbocycles. The Kier molecular flexibility index (Phi) is 2.16. The van der Waals surface area contributed by atoms with Gasteiger partial charge in [-0.15, -0.1) is 0 Å². The van der Waals surface area contributed by atoms with Gasteiger partial charge in [-0.2, -0.15) is 5.10 Å². The summed E-state index contributed by atoms with van der Waals surface area (Å²) in [5.41, 5.74) is 0.908. The fourth-order valence-corrected chi connectivity index (χ4v) is 1.02. The van der Waals surface area contributed by atoms with Crippen molar-refractivity contribution in [3.05, 3.63) is 18.0 Å². The van der Waals surface area contributed by atoms with Crippen LogP contribution >= 0.6 is 0 Å². The number of urea groups is 1. The monoisotopic (exact) mass is 180 g/mol. The minimum Gasteiger partial charge on any atom is -0.335 e. The molecule has 1 aromatic rings. The average Bonchev–Trinajstić information content (AvgIpc) is 2.78. The van der Waals surface area contributed by atoms with Crippen LogP contribution in [0.5, 0.6) is 0 Å². The second-order valence-electron chi connectivity index (χ2n) is 3.18. The van der Waals surface area contributed by atoms with E-state index < -0.39 is 0 Å². The van der Waals surface area contributed by atoms with Gasteiger partial charge >= 0.3 is 6.03 Å². The number of rotatable bonds is 3. The van der Waals surface area contributed by atoms with Gasteiger partial charge in [0.25, 0.3) is 0 Å². The highest BCUT2D eigenvalue weighted by Gasteiger charge is 2.22. The molecule has 1 heterocycles. The van der Waals surface area contributed by atoms with Gasteiger partial charge in [0, 0.05) is 12.2 Å². The minimum atomic E-state index is -0.0999. The Bertz CT molecular complexity index is 278. The maximum absolute atomic E-state index is 11.1. The highest BCUT2D eigenvalue weighted by atomic mass is 16.2. The minimum absolute atomic E-state index is 0.0999. The van der Waals surface area contributed by atoms with E-state index in [4.69, 9.17) is 0 Å². The Morgan fingerprint density at radius 2 is 2.54 bits per heavy atom. The quantitative estimate of drug-likeness (QED) is 0.629. The Hall–Kier alpha value is -1.52. The van der Waals surface area contributed by atoms with Crippen LogP contribution in [0.25, 0.3) is 0 Å². The Morgan fingerprint density at radius 3 is 3.15 bits per heavy atom. The molecule has 0 atom stereocenters. The molecule has 1 aliphatic rings. The van der Waals surface area contributed by atoms with Gasteiger partial charge in [0.05, 0.1) is 12.2 Å². The lowest BCUT2D eigenvalue weighted by Gasteiger charge is -2.04. The van der Waals surface area contributed by atoms with Gasteiger partial charge in [0.1, 0.15) is 0 Å². The lowest BCUT2D eigenvalue weighted by molar-refractivity contribution is 0.240. The van der Waals surface area contributed by atoms with Gasteiger partial charge in [-0.1, -0.05) is 0 Å². The fraction of sp³-hybridized carbons (Fsp3) is 0.500. The first kappa shape index (κ1) is 8.10. The summed E-state index contributed by atoms with van der Waals surface area (Å²) in [7, 11) is 0. The molecule has 5 nitrogen and oxygen atoms in total. The zero-order valence-electron chi connectivity index (χ0n) is 7.21. The van der Waals surface area contributed by atoms with Crippen LogP contribution in [0.3, 0.4) is 0 Å². The molecular weight excluding hydrogens is 168 g/mol. The van der Waals surface area contributed by atoms with E-state index in [2.05, 4.69) is 20.8 Å². The van der Waals surface area contributed by atoms with Crippen molar-refractivity contribution in [3.63, 3.8) is 0 Å². The normalized spacial score (nSPS) is 15.4. The average molecular weight is 180 g/mol. The Labute approximate surface area is 75.9 Å². The van der Waals surface area contributed by atoms with Crippen molar-refractivity contribution in [1.82, 2.24) is 20.8 Å². The number of carbonyl (C=O) groups is 1. The zero-order valence-corrected chi connectivity index (χ0v) is 7.21. The molecule has 0 unspecified atom stereocenters. The summed E-state index contributed by atoms with van der Waals surface area (Å²) in [4.78, 5) is 11.1. The van der Waals surface area contributed by atoms with Crippen LogP contribution in [-0.2, 0) is 6.54 Å². The third kappa shape index (κ3) is 2.47. The Morgan fingerprint density at radius 1 is 1.69 bits per heavy atom. The van der Waals surface area contributed by atoms with Crippen molar-refractivity contribution in [1.29, 1.82) is 0 Å². The van der Waals surface area contributed by atoms with E-state index in [1.807, 2.05) is 6.07 Å². The molecule has 0 bridgehead atoms. The van der Waals surface area contributed by atoms with Crippen molar-refractivity contribution in [2.24, 2.45) is 0 Å². The fourth-order valence-electron chi connectivity index (χ4n) is 1.02. The number of amides is 2. The molecule has 0 spiro atoms. The van der Waals surface area contributed by atoms with Gasteiger partial charge in [0.2, 0.25) is 0 Å². The number of aromatic amines is 1. The smallest absolute Gasteiger partial charge is 0.315 e. The predicted octanol–water partition coefficient (Wildman–Crippen LogP) is 0.371. The van der Waals surface area contributed by atoms with E-state index in [1.54, 1.807) is 6.20 Å². The maximum Gasteiger partial charge on any atom is 0.315 e. The summed E-state index contributed by atoms with van der Waals surface area (Å²) in [6, 6.07) is 2.14. The van der Waals surface area contributed by atoms with E-state index in [1.165, 1.54) is 0 Å². The van der Waals surface area contributed by atoms with Gasteiger partial charge in [-0.25, -0.2) is 4.79 Å². The van der Waals surface area contributed by atoms with Crippen LogP contribution in [-0.4, -0.2) is 22.3 Å². The van der Waals surface area contributed by atoms with E-state index >= 15 is 0 Å².